The van der Waals surface area contributed by atoms with Crippen molar-refractivity contribution in [1.29, 1.82) is 0 Å². The zero-order valence-corrected chi connectivity index (χ0v) is 24.8. The maximum Gasteiger partial charge on any atom is 2.00 e. The third-order valence-electron chi connectivity index (χ3n) is 4.99. The Bertz CT molecular complexity index is 396. The van der Waals surface area contributed by atoms with Crippen molar-refractivity contribution in [2.75, 3.05) is 0 Å². The molecular formula is C26H50O6Zn. The zero-order valence-electron chi connectivity index (χ0n) is 21.8. The molecule has 0 rings (SSSR count). The van der Waals surface area contributed by atoms with E-state index >= 15 is 0 Å². The van der Waals surface area contributed by atoms with Crippen molar-refractivity contribution in [2.45, 2.75) is 149 Å². The molecule has 0 unspecified atom stereocenters. The van der Waals surface area contributed by atoms with E-state index in [9.17, 15) is 4.79 Å². The number of carbonyl (C=O) groups excluding carboxylic acids is 2. The van der Waals surface area contributed by atoms with Crippen LogP contribution < -0.4 is 10.2 Å². The summed E-state index contributed by atoms with van der Waals surface area (Å²) in [6.45, 7) is 4.23. The van der Waals surface area contributed by atoms with Gasteiger partial charge >= 0.3 is 25.4 Å². The molecule has 0 aliphatic heterocycles. The average molecular weight is 524 g/mol. The van der Waals surface area contributed by atoms with Crippen LogP contribution in [0.4, 0.5) is 0 Å². The van der Waals surface area contributed by atoms with E-state index in [2.05, 4.69) is 6.92 Å². The van der Waals surface area contributed by atoms with Crippen molar-refractivity contribution in [1.82, 2.24) is 0 Å². The largest absolute Gasteiger partial charge is 2.00 e. The minimum atomic E-state index is -1.08. The Morgan fingerprint density at radius 1 is 0.515 bits per heavy atom. The number of carbonyl (C=O) groups is 3. The molecule has 0 spiro atoms. The maximum absolute atomic E-state index is 10.4. The maximum atomic E-state index is 10.4. The summed E-state index contributed by atoms with van der Waals surface area (Å²) in [5, 5.41) is 26.3. The first-order chi connectivity index (χ1) is 15.2. The summed E-state index contributed by atoms with van der Waals surface area (Å²) in [5.74, 6) is -2.82. The number of rotatable bonds is 20. The summed E-state index contributed by atoms with van der Waals surface area (Å²) >= 11 is 0. The Morgan fingerprint density at radius 2 is 0.697 bits per heavy atom. The van der Waals surface area contributed by atoms with E-state index in [1.165, 1.54) is 109 Å². The summed E-state index contributed by atoms with van der Waals surface area (Å²) in [6, 6.07) is 0. The molecule has 0 bridgehead atoms. The molecule has 1 N–H and O–H groups in total. The SMILES string of the molecule is CC(=O)[O-].CC(=O)[O-].CCCCCCCCCCCCCCCCCCCCCC(=O)O.[Zn+2]. The van der Waals surface area contributed by atoms with Crippen LogP contribution in [0.25, 0.3) is 0 Å². The van der Waals surface area contributed by atoms with Gasteiger partial charge in [-0.15, -0.1) is 0 Å². The Hall–Kier alpha value is -0.967. The minimum Gasteiger partial charge on any atom is -0.550 e. The number of hydrogen-bond donors (Lipinski definition) is 1. The van der Waals surface area contributed by atoms with Gasteiger partial charge in [0.25, 0.3) is 0 Å². The third-order valence-corrected chi connectivity index (χ3v) is 4.99. The third kappa shape index (κ3) is 65.2. The molecule has 0 saturated carbocycles. The molecule has 33 heavy (non-hydrogen) atoms. The summed E-state index contributed by atoms with van der Waals surface area (Å²) in [4.78, 5) is 28.2. The van der Waals surface area contributed by atoms with Crippen molar-refractivity contribution in [3.63, 3.8) is 0 Å². The first-order valence-corrected chi connectivity index (χ1v) is 12.8. The van der Waals surface area contributed by atoms with Gasteiger partial charge in [0, 0.05) is 18.4 Å². The molecule has 0 atom stereocenters. The minimum absolute atomic E-state index is 0. The van der Waals surface area contributed by atoms with Crippen LogP contribution in [-0.2, 0) is 33.9 Å². The topological polar surface area (TPSA) is 118 Å². The molecule has 0 aromatic carbocycles. The van der Waals surface area contributed by atoms with Crippen LogP contribution in [0.1, 0.15) is 149 Å². The Kier molecular flexibility index (Phi) is 42.4. The van der Waals surface area contributed by atoms with Gasteiger partial charge in [0.1, 0.15) is 0 Å². The van der Waals surface area contributed by atoms with E-state index in [4.69, 9.17) is 24.9 Å². The summed E-state index contributed by atoms with van der Waals surface area (Å²) < 4.78 is 0. The summed E-state index contributed by atoms with van der Waals surface area (Å²) in [7, 11) is 0. The van der Waals surface area contributed by atoms with E-state index < -0.39 is 17.9 Å². The van der Waals surface area contributed by atoms with Crippen LogP contribution in [0.5, 0.6) is 0 Å². The molecule has 0 aromatic rings. The Labute approximate surface area is 216 Å². The predicted molar refractivity (Wildman–Crippen MR) is 127 cm³/mol. The zero-order chi connectivity index (χ0) is 24.9. The molecule has 6 nitrogen and oxygen atoms in total. The van der Waals surface area contributed by atoms with Gasteiger partial charge in [-0.25, -0.2) is 0 Å². The van der Waals surface area contributed by atoms with Gasteiger partial charge in [-0.1, -0.05) is 122 Å². The van der Waals surface area contributed by atoms with E-state index in [-0.39, 0.29) is 19.5 Å². The second-order valence-corrected chi connectivity index (χ2v) is 8.49. The van der Waals surface area contributed by atoms with Crippen molar-refractivity contribution in [3.8, 4) is 0 Å². The van der Waals surface area contributed by atoms with Gasteiger partial charge in [-0.2, -0.15) is 0 Å². The van der Waals surface area contributed by atoms with E-state index in [1.807, 2.05) is 0 Å². The van der Waals surface area contributed by atoms with Gasteiger partial charge in [0.15, 0.2) is 0 Å². The quantitative estimate of drug-likeness (QED) is 0.168. The number of aliphatic carboxylic acids is 3. The molecule has 0 aliphatic rings. The fraction of sp³-hybridized carbons (Fsp3) is 0.885. The van der Waals surface area contributed by atoms with E-state index in [1.54, 1.807) is 0 Å². The molecule has 7 heteroatoms. The molecular weight excluding hydrogens is 474 g/mol. The van der Waals surface area contributed by atoms with E-state index in [0.29, 0.717) is 6.42 Å². The van der Waals surface area contributed by atoms with Gasteiger partial charge in [-0.05, 0) is 20.3 Å². The van der Waals surface area contributed by atoms with Crippen LogP contribution in [-0.4, -0.2) is 23.0 Å². The first kappa shape index (κ1) is 39.3. The molecule has 0 heterocycles. The van der Waals surface area contributed by atoms with Gasteiger partial charge < -0.3 is 24.9 Å². The monoisotopic (exact) mass is 522 g/mol. The molecule has 0 aliphatic carbocycles. The van der Waals surface area contributed by atoms with Crippen LogP contribution in [0.2, 0.25) is 0 Å². The number of unbranched alkanes of at least 4 members (excludes halogenated alkanes) is 18. The van der Waals surface area contributed by atoms with Gasteiger partial charge in [0.2, 0.25) is 0 Å². The van der Waals surface area contributed by atoms with Crippen LogP contribution in [0.15, 0.2) is 0 Å². The fourth-order valence-electron chi connectivity index (χ4n) is 3.35. The number of carboxylic acids is 3. The number of hydrogen-bond acceptors (Lipinski definition) is 5. The Morgan fingerprint density at radius 3 is 0.879 bits per heavy atom. The van der Waals surface area contributed by atoms with Crippen molar-refractivity contribution in [3.05, 3.63) is 0 Å². The van der Waals surface area contributed by atoms with Crippen LogP contribution in [0, 0.1) is 0 Å². The molecule has 0 fully saturated rings. The predicted octanol–water partition coefficient (Wildman–Crippen LogP) is 5.40. The molecule has 0 saturated heterocycles. The van der Waals surface area contributed by atoms with Gasteiger partial charge in [0.05, 0.1) is 0 Å². The molecule has 0 aromatic heterocycles. The van der Waals surface area contributed by atoms with Gasteiger partial charge in [-0.3, -0.25) is 4.79 Å². The average Bonchev–Trinajstić information content (AvgIpc) is 2.68. The smallest absolute Gasteiger partial charge is 0.550 e. The summed E-state index contributed by atoms with van der Waals surface area (Å²) in [6.07, 6.45) is 26.1. The number of carboxylic acid groups (broad SMARTS) is 3. The fourth-order valence-corrected chi connectivity index (χ4v) is 3.35. The standard InChI is InChI=1S/C22H44O2.2C2H4O2.Zn/c1-2-3-4-5-6-7-8-9-10-11-12-13-14-15-16-17-18-19-20-21-22(23)24;2*1-2(3)4;/h2-21H2,1H3,(H,23,24);2*1H3,(H,3,4);/q;;;+2/p-2. The normalized spacial score (nSPS) is 9.55. The van der Waals surface area contributed by atoms with Crippen molar-refractivity contribution < 1.29 is 49.2 Å². The van der Waals surface area contributed by atoms with Crippen molar-refractivity contribution in [2.24, 2.45) is 0 Å². The first-order valence-electron chi connectivity index (χ1n) is 12.8. The van der Waals surface area contributed by atoms with Crippen LogP contribution >= 0.6 is 0 Å². The molecule has 0 radical (unpaired) electrons. The molecule has 0 amide bonds. The second kappa shape index (κ2) is 35.6. The van der Waals surface area contributed by atoms with Crippen LogP contribution in [0.3, 0.4) is 0 Å². The second-order valence-electron chi connectivity index (χ2n) is 8.49. The van der Waals surface area contributed by atoms with E-state index in [0.717, 1.165) is 26.7 Å². The molecule has 192 valence electrons. The summed E-state index contributed by atoms with van der Waals surface area (Å²) in [5.41, 5.74) is 0. The van der Waals surface area contributed by atoms with Crippen molar-refractivity contribution >= 4 is 17.9 Å². The Balaban J connectivity index is -0.000000401.